The second-order valence-electron chi connectivity index (χ2n) is 5.98. The van der Waals surface area contributed by atoms with Crippen molar-refractivity contribution in [1.82, 2.24) is 10.2 Å². The summed E-state index contributed by atoms with van der Waals surface area (Å²) in [7, 11) is 0. The van der Waals surface area contributed by atoms with E-state index in [1.54, 1.807) is 18.7 Å². The fourth-order valence-corrected chi connectivity index (χ4v) is 2.73. The van der Waals surface area contributed by atoms with E-state index in [-0.39, 0.29) is 23.8 Å². The SMILES string of the molecule is CC(C)C1NC(=O)C(C)(C)N(C2CCOC2)C1=O. The standard InChI is InChI=1S/C13H22N2O3/c1-8(2)10-11(16)15(9-5-6-18-7-9)13(3,4)12(17)14-10/h8-10H,5-7H2,1-4H3,(H,14,17). The topological polar surface area (TPSA) is 58.6 Å². The number of ether oxygens (including phenoxy) is 1. The van der Waals surface area contributed by atoms with Gasteiger partial charge in [-0.2, -0.15) is 0 Å². The first kappa shape index (κ1) is 13.3. The molecule has 0 radical (unpaired) electrons. The molecule has 2 fully saturated rings. The Bertz CT molecular complexity index is 359. The lowest BCUT2D eigenvalue weighted by atomic mass is 9.89. The van der Waals surface area contributed by atoms with E-state index in [0.29, 0.717) is 13.2 Å². The van der Waals surface area contributed by atoms with E-state index in [9.17, 15) is 9.59 Å². The number of hydrogen-bond acceptors (Lipinski definition) is 3. The highest BCUT2D eigenvalue weighted by molar-refractivity contribution is 5.99. The zero-order valence-electron chi connectivity index (χ0n) is 11.5. The van der Waals surface area contributed by atoms with Crippen LogP contribution in [0.1, 0.15) is 34.1 Å². The number of nitrogens with zero attached hydrogens (tertiary/aromatic N) is 1. The van der Waals surface area contributed by atoms with Gasteiger partial charge in [-0.1, -0.05) is 13.8 Å². The van der Waals surface area contributed by atoms with Gasteiger partial charge in [-0.05, 0) is 26.2 Å². The number of carbonyl (C=O) groups is 2. The molecule has 0 spiro atoms. The molecule has 102 valence electrons. The van der Waals surface area contributed by atoms with Crippen molar-refractivity contribution in [3.63, 3.8) is 0 Å². The highest BCUT2D eigenvalue weighted by Crippen LogP contribution is 2.29. The van der Waals surface area contributed by atoms with Crippen molar-refractivity contribution in [2.75, 3.05) is 13.2 Å². The molecule has 2 atom stereocenters. The van der Waals surface area contributed by atoms with Crippen LogP contribution < -0.4 is 5.32 Å². The van der Waals surface area contributed by atoms with E-state index in [4.69, 9.17) is 4.74 Å². The third-order valence-corrected chi connectivity index (χ3v) is 3.89. The highest BCUT2D eigenvalue weighted by Gasteiger charge is 2.50. The van der Waals surface area contributed by atoms with Crippen molar-refractivity contribution in [2.45, 2.75) is 51.7 Å². The van der Waals surface area contributed by atoms with Gasteiger partial charge in [0.1, 0.15) is 11.6 Å². The maximum Gasteiger partial charge on any atom is 0.246 e. The third-order valence-electron chi connectivity index (χ3n) is 3.89. The summed E-state index contributed by atoms with van der Waals surface area (Å²) in [6.45, 7) is 8.70. The van der Waals surface area contributed by atoms with E-state index >= 15 is 0 Å². The summed E-state index contributed by atoms with van der Waals surface area (Å²) in [5.41, 5.74) is -0.791. The molecule has 1 N–H and O–H groups in total. The maximum absolute atomic E-state index is 12.6. The Kier molecular flexibility index (Phi) is 3.36. The van der Waals surface area contributed by atoms with Gasteiger partial charge in [-0.25, -0.2) is 0 Å². The second-order valence-corrected chi connectivity index (χ2v) is 5.98. The van der Waals surface area contributed by atoms with Crippen LogP contribution in [0.2, 0.25) is 0 Å². The first-order valence-corrected chi connectivity index (χ1v) is 6.57. The second kappa shape index (κ2) is 4.53. The van der Waals surface area contributed by atoms with Gasteiger partial charge in [0.05, 0.1) is 12.6 Å². The predicted molar refractivity (Wildman–Crippen MR) is 66.9 cm³/mol. The molecule has 5 heteroatoms. The van der Waals surface area contributed by atoms with Crippen LogP contribution in [-0.2, 0) is 14.3 Å². The molecule has 0 aromatic carbocycles. The van der Waals surface area contributed by atoms with Crippen LogP contribution in [0.4, 0.5) is 0 Å². The normalized spacial score (nSPS) is 31.9. The Hall–Kier alpha value is -1.10. The summed E-state index contributed by atoms with van der Waals surface area (Å²) in [5.74, 6) is 0.0418. The maximum atomic E-state index is 12.6. The molecule has 0 bridgehead atoms. The zero-order valence-corrected chi connectivity index (χ0v) is 11.5. The van der Waals surface area contributed by atoms with Gasteiger partial charge in [-0.15, -0.1) is 0 Å². The van der Waals surface area contributed by atoms with Gasteiger partial charge in [0.25, 0.3) is 0 Å². The quantitative estimate of drug-likeness (QED) is 0.782. The first-order valence-electron chi connectivity index (χ1n) is 6.57. The number of rotatable bonds is 2. The van der Waals surface area contributed by atoms with Gasteiger partial charge < -0.3 is 15.0 Å². The Balaban J connectivity index is 2.30. The summed E-state index contributed by atoms with van der Waals surface area (Å²) < 4.78 is 5.36. The average molecular weight is 254 g/mol. The van der Waals surface area contributed by atoms with Crippen molar-refractivity contribution in [2.24, 2.45) is 5.92 Å². The van der Waals surface area contributed by atoms with Gasteiger partial charge >= 0.3 is 0 Å². The number of carbonyl (C=O) groups excluding carboxylic acids is 2. The number of nitrogens with one attached hydrogen (secondary N) is 1. The largest absolute Gasteiger partial charge is 0.379 e. The van der Waals surface area contributed by atoms with Crippen LogP contribution in [0.15, 0.2) is 0 Å². The lowest BCUT2D eigenvalue weighted by Gasteiger charge is -2.47. The average Bonchev–Trinajstić information content (AvgIpc) is 2.76. The number of piperazine rings is 1. The molecule has 0 aromatic heterocycles. The highest BCUT2D eigenvalue weighted by atomic mass is 16.5. The monoisotopic (exact) mass is 254 g/mol. The zero-order chi connectivity index (χ0) is 13.5. The molecule has 2 unspecified atom stereocenters. The molecule has 0 saturated carbocycles. The predicted octanol–water partition coefficient (Wildman–Crippen LogP) is 0.537. The lowest BCUT2D eigenvalue weighted by Crippen LogP contribution is -2.71. The minimum absolute atomic E-state index is 0.0186. The fourth-order valence-electron chi connectivity index (χ4n) is 2.73. The van der Waals surface area contributed by atoms with Gasteiger partial charge in [0, 0.05) is 6.61 Å². The fraction of sp³-hybridized carbons (Fsp3) is 0.846. The first-order chi connectivity index (χ1) is 8.35. The Morgan fingerprint density at radius 2 is 2.06 bits per heavy atom. The molecule has 0 aliphatic carbocycles. The molecule has 2 aliphatic rings. The van der Waals surface area contributed by atoms with Crippen LogP contribution in [-0.4, -0.2) is 47.6 Å². The van der Waals surface area contributed by atoms with Crippen molar-refractivity contribution in [3.05, 3.63) is 0 Å². The number of amides is 2. The van der Waals surface area contributed by atoms with Crippen molar-refractivity contribution in [3.8, 4) is 0 Å². The van der Waals surface area contributed by atoms with Crippen LogP contribution >= 0.6 is 0 Å². The van der Waals surface area contributed by atoms with E-state index in [2.05, 4.69) is 5.32 Å². The number of hydrogen-bond donors (Lipinski definition) is 1. The lowest BCUT2D eigenvalue weighted by molar-refractivity contribution is -0.160. The van der Waals surface area contributed by atoms with Crippen LogP contribution in [0.3, 0.4) is 0 Å². The van der Waals surface area contributed by atoms with Crippen LogP contribution in [0.25, 0.3) is 0 Å². The summed E-state index contributed by atoms with van der Waals surface area (Å²) in [5, 5.41) is 2.84. The summed E-state index contributed by atoms with van der Waals surface area (Å²) in [6, 6.07) is -0.383. The Morgan fingerprint density at radius 3 is 2.56 bits per heavy atom. The van der Waals surface area contributed by atoms with Crippen molar-refractivity contribution in [1.29, 1.82) is 0 Å². The molecular weight excluding hydrogens is 232 g/mol. The Labute approximate surface area is 108 Å². The Morgan fingerprint density at radius 1 is 1.39 bits per heavy atom. The molecule has 0 aromatic rings. The van der Waals surface area contributed by atoms with Gasteiger partial charge in [-0.3, -0.25) is 9.59 Å². The van der Waals surface area contributed by atoms with E-state index in [1.165, 1.54) is 0 Å². The van der Waals surface area contributed by atoms with Crippen LogP contribution in [0, 0.1) is 5.92 Å². The van der Waals surface area contributed by atoms with Crippen LogP contribution in [0.5, 0.6) is 0 Å². The summed E-state index contributed by atoms with van der Waals surface area (Å²) in [6.07, 6.45) is 0.813. The molecule has 2 aliphatic heterocycles. The van der Waals surface area contributed by atoms with E-state index in [1.807, 2.05) is 13.8 Å². The molecular formula is C13H22N2O3. The van der Waals surface area contributed by atoms with E-state index < -0.39 is 11.6 Å². The van der Waals surface area contributed by atoms with E-state index in [0.717, 1.165) is 6.42 Å². The minimum Gasteiger partial charge on any atom is -0.379 e. The molecule has 2 amide bonds. The van der Waals surface area contributed by atoms with Gasteiger partial charge in [0.15, 0.2) is 0 Å². The summed E-state index contributed by atoms with van der Waals surface area (Å²) in [4.78, 5) is 26.5. The van der Waals surface area contributed by atoms with Crippen molar-refractivity contribution >= 4 is 11.8 Å². The molecule has 2 saturated heterocycles. The third kappa shape index (κ3) is 2.00. The minimum atomic E-state index is -0.791. The smallest absolute Gasteiger partial charge is 0.246 e. The van der Waals surface area contributed by atoms with Crippen molar-refractivity contribution < 1.29 is 14.3 Å². The molecule has 18 heavy (non-hydrogen) atoms. The van der Waals surface area contributed by atoms with Gasteiger partial charge in [0.2, 0.25) is 11.8 Å². The molecule has 2 rings (SSSR count). The molecule has 2 heterocycles. The molecule has 5 nitrogen and oxygen atoms in total. The summed E-state index contributed by atoms with van der Waals surface area (Å²) >= 11 is 0.